The zero-order valence-electron chi connectivity index (χ0n) is 24.3. The van der Waals surface area contributed by atoms with Crippen molar-refractivity contribution < 1.29 is 29.9 Å². The second-order valence-corrected chi connectivity index (χ2v) is 10.9. The molecule has 0 aliphatic carbocycles. The van der Waals surface area contributed by atoms with Crippen molar-refractivity contribution in [2.24, 2.45) is 0 Å². The van der Waals surface area contributed by atoms with E-state index in [0.29, 0.717) is 0 Å². The Morgan fingerprint density at radius 1 is 0.457 bits per heavy atom. The average molecular weight is 773 g/mol. The minimum absolute atomic E-state index is 0. The second kappa shape index (κ2) is 11.4. The zero-order chi connectivity index (χ0) is 29.7. The SMILES string of the molecule is [Pt+2].[c-]1c(-c2cc3c(cn2)oc2ccccc23)cccc1N(c1[c-]c(-c2cc3c(cn2)oc2ccccc23)ccc1)c1ccccc1. The first-order valence-corrected chi connectivity index (χ1v) is 14.7. The smallest absolute Gasteiger partial charge is 0.455 e. The van der Waals surface area contributed by atoms with Gasteiger partial charge >= 0.3 is 21.1 Å². The van der Waals surface area contributed by atoms with Crippen molar-refractivity contribution in [1.82, 2.24) is 9.97 Å². The molecule has 6 heteroatoms. The van der Waals surface area contributed by atoms with Crippen molar-refractivity contribution in [1.29, 1.82) is 0 Å². The first-order chi connectivity index (χ1) is 22.3. The van der Waals surface area contributed by atoms with Crippen molar-refractivity contribution in [3.63, 3.8) is 0 Å². The predicted molar refractivity (Wildman–Crippen MR) is 180 cm³/mol. The van der Waals surface area contributed by atoms with E-state index >= 15 is 0 Å². The van der Waals surface area contributed by atoms with Crippen LogP contribution in [-0.4, -0.2) is 9.97 Å². The molecule has 5 aromatic carbocycles. The monoisotopic (exact) mass is 772 g/mol. The van der Waals surface area contributed by atoms with Gasteiger partial charge in [0.05, 0.1) is 12.4 Å². The van der Waals surface area contributed by atoms with E-state index < -0.39 is 0 Å². The number of anilines is 3. The minimum Gasteiger partial charge on any atom is -0.455 e. The molecule has 0 radical (unpaired) electrons. The van der Waals surface area contributed by atoms with Gasteiger partial charge in [-0.25, -0.2) is 0 Å². The Kier molecular flexibility index (Phi) is 6.97. The number of furan rings is 2. The van der Waals surface area contributed by atoms with Gasteiger partial charge in [0, 0.05) is 27.2 Å². The molecule has 0 fully saturated rings. The Balaban J connectivity index is 0.00000312. The maximum absolute atomic E-state index is 6.01. The van der Waals surface area contributed by atoms with Crippen LogP contribution in [0.15, 0.2) is 149 Å². The summed E-state index contributed by atoms with van der Waals surface area (Å²) in [5, 5.41) is 4.20. The number of benzene rings is 5. The summed E-state index contributed by atoms with van der Waals surface area (Å²) in [4.78, 5) is 11.7. The quantitative estimate of drug-likeness (QED) is 0.163. The van der Waals surface area contributed by atoms with Crippen molar-refractivity contribution in [3.8, 4) is 22.5 Å². The predicted octanol–water partition coefficient (Wildman–Crippen LogP) is 10.7. The number of hydrogen-bond donors (Lipinski definition) is 0. The molecule has 220 valence electrons. The van der Waals surface area contributed by atoms with Gasteiger partial charge in [0.1, 0.15) is 11.2 Å². The molecule has 0 amide bonds. The van der Waals surface area contributed by atoms with Gasteiger partial charge in [0.25, 0.3) is 0 Å². The third-order valence-electron chi connectivity index (χ3n) is 8.14. The molecule has 4 aromatic heterocycles. The summed E-state index contributed by atoms with van der Waals surface area (Å²) in [6.07, 6.45) is 3.59. The Morgan fingerprint density at radius 3 is 1.46 bits per heavy atom. The molecule has 9 rings (SSSR count). The van der Waals surface area contributed by atoms with Gasteiger partial charge in [-0.15, -0.1) is 59.7 Å². The maximum atomic E-state index is 6.01. The van der Waals surface area contributed by atoms with Gasteiger partial charge in [0.2, 0.25) is 0 Å². The van der Waals surface area contributed by atoms with Gasteiger partial charge < -0.3 is 23.7 Å². The molecule has 5 nitrogen and oxygen atoms in total. The molecule has 0 saturated carbocycles. The van der Waals surface area contributed by atoms with Crippen LogP contribution in [0.5, 0.6) is 0 Å². The summed E-state index contributed by atoms with van der Waals surface area (Å²) in [5.74, 6) is 0. The molecular weight excluding hydrogens is 750 g/mol. The Morgan fingerprint density at radius 2 is 0.935 bits per heavy atom. The number of nitrogens with zero attached hydrogens (tertiary/aromatic N) is 3. The molecule has 0 N–H and O–H groups in total. The number of para-hydroxylation sites is 3. The normalized spacial score (nSPS) is 11.3. The van der Waals surface area contributed by atoms with E-state index in [1.165, 1.54) is 0 Å². The summed E-state index contributed by atoms with van der Waals surface area (Å²) in [6, 6.07) is 50.1. The largest absolute Gasteiger partial charge is 2.00 e. The van der Waals surface area contributed by atoms with E-state index in [1.54, 1.807) is 12.4 Å². The van der Waals surface area contributed by atoms with Crippen molar-refractivity contribution in [2.75, 3.05) is 4.90 Å². The van der Waals surface area contributed by atoms with Crippen molar-refractivity contribution >= 4 is 60.9 Å². The van der Waals surface area contributed by atoms with Crippen LogP contribution in [0.2, 0.25) is 0 Å². The van der Waals surface area contributed by atoms with Crippen molar-refractivity contribution in [3.05, 3.63) is 152 Å². The molecule has 4 heterocycles. The van der Waals surface area contributed by atoms with E-state index in [1.807, 2.05) is 78.9 Å². The van der Waals surface area contributed by atoms with E-state index in [0.717, 1.165) is 83.5 Å². The third kappa shape index (κ3) is 4.77. The van der Waals surface area contributed by atoms with Crippen LogP contribution in [0.4, 0.5) is 17.1 Å². The van der Waals surface area contributed by atoms with Crippen LogP contribution in [0.3, 0.4) is 0 Å². The molecule has 46 heavy (non-hydrogen) atoms. The van der Waals surface area contributed by atoms with E-state index in [4.69, 9.17) is 18.8 Å². The van der Waals surface area contributed by atoms with Gasteiger partial charge in [-0.2, -0.15) is 0 Å². The van der Waals surface area contributed by atoms with Crippen LogP contribution in [0.25, 0.3) is 66.4 Å². The standard InChI is InChI=1S/C40H23N3O2.Pt/c1-2-12-28(13-3-1)43(29-14-8-10-26(20-29)35-22-33-31-16-4-6-18-37(31)44-39(33)24-41-35)30-15-9-11-27(21-30)36-23-34-32-17-5-7-19-38(32)45-40(34)25-42-36;/h1-19,22-25H;/q-2;+2. The second-order valence-electron chi connectivity index (χ2n) is 10.9. The summed E-state index contributed by atoms with van der Waals surface area (Å²) >= 11 is 0. The molecule has 0 aliphatic rings. The first-order valence-electron chi connectivity index (χ1n) is 14.7. The average Bonchev–Trinajstić information content (AvgIpc) is 3.67. The number of rotatable bonds is 5. The Bertz CT molecular complexity index is 2360. The van der Waals surface area contributed by atoms with Crippen LogP contribution in [-0.2, 0) is 21.1 Å². The Hall–Kier alpha value is -5.51. The summed E-state index contributed by atoms with van der Waals surface area (Å²) in [7, 11) is 0. The van der Waals surface area contributed by atoms with E-state index in [2.05, 4.69) is 65.6 Å². The summed E-state index contributed by atoms with van der Waals surface area (Å²) < 4.78 is 12.0. The molecule has 0 spiro atoms. The van der Waals surface area contributed by atoms with E-state index in [9.17, 15) is 0 Å². The number of fused-ring (bicyclic) bond motifs is 6. The fraction of sp³-hybridized carbons (Fsp3) is 0. The molecule has 0 bridgehead atoms. The van der Waals surface area contributed by atoms with Gasteiger partial charge in [0.15, 0.2) is 11.2 Å². The van der Waals surface area contributed by atoms with Gasteiger partial charge in [-0.3, -0.25) is 0 Å². The molecule has 0 aliphatic heterocycles. The molecule has 0 atom stereocenters. The minimum atomic E-state index is 0. The van der Waals surface area contributed by atoms with Gasteiger partial charge in [-0.05, 0) is 47.0 Å². The van der Waals surface area contributed by atoms with E-state index in [-0.39, 0.29) is 21.1 Å². The van der Waals surface area contributed by atoms with Crippen LogP contribution in [0.1, 0.15) is 0 Å². The maximum Gasteiger partial charge on any atom is 2.00 e. The third-order valence-corrected chi connectivity index (χ3v) is 8.14. The molecular formula is C40H23N3O2Pt. The van der Waals surface area contributed by atoms with Crippen LogP contribution in [0, 0.1) is 12.1 Å². The molecule has 9 aromatic rings. The van der Waals surface area contributed by atoms with Crippen LogP contribution >= 0.6 is 0 Å². The fourth-order valence-corrected chi connectivity index (χ4v) is 6.02. The van der Waals surface area contributed by atoms with Crippen LogP contribution < -0.4 is 4.90 Å². The Labute approximate surface area is 279 Å². The number of pyridine rings is 2. The topological polar surface area (TPSA) is 55.3 Å². The summed E-state index contributed by atoms with van der Waals surface area (Å²) in [6.45, 7) is 0. The van der Waals surface area contributed by atoms with Gasteiger partial charge in [-0.1, -0.05) is 66.7 Å². The van der Waals surface area contributed by atoms with Crippen molar-refractivity contribution in [2.45, 2.75) is 0 Å². The fourth-order valence-electron chi connectivity index (χ4n) is 6.02. The first kappa shape index (κ1) is 28.0. The summed E-state index contributed by atoms with van der Waals surface area (Å²) in [5.41, 5.74) is 9.39. The number of hydrogen-bond acceptors (Lipinski definition) is 5. The molecule has 0 saturated heterocycles. The zero-order valence-corrected chi connectivity index (χ0v) is 26.5. The number of aromatic nitrogens is 2. The molecule has 0 unspecified atom stereocenters.